The molecule has 33 heavy (non-hydrogen) atoms. The van der Waals surface area contributed by atoms with Crippen molar-refractivity contribution in [2.45, 2.75) is 24.5 Å². The van der Waals surface area contributed by atoms with Gasteiger partial charge in [-0.1, -0.05) is 17.3 Å². The van der Waals surface area contributed by atoms with Crippen LogP contribution in [0.3, 0.4) is 0 Å². The molecule has 0 bridgehead atoms. The second-order valence-corrected chi connectivity index (χ2v) is 8.76. The first-order valence-corrected chi connectivity index (χ1v) is 11.6. The maximum absolute atomic E-state index is 14.5. The fourth-order valence-corrected chi connectivity index (χ4v) is 4.53. The lowest BCUT2D eigenvalue weighted by molar-refractivity contribution is -0.114. The van der Waals surface area contributed by atoms with Crippen LogP contribution in [0.1, 0.15) is 29.0 Å². The third kappa shape index (κ3) is 5.62. The van der Waals surface area contributed by atoms with Gasteiger partial charge in [0.05, 0.1) is 17.0 Å². The number of benzene rings is 2. The second kappa shape index (κ2) is 9.92. The summed E-state index contributed by atoms with van der Waals surface area (Å²) in [5.41, 5.74) is 1.49. The summed E-state index contributed by atoms with van der Waals surface area (Å²) in [5, 5.41) is 11.1. The lowest BCUT2D eigenvalue weighted by Crippen LogP contribution is -2.12. The lowest BCUT2D eigenvalue weighted by Gasteiger charge is -2.07. The number of aromatic nitrogens is 3. The molecule has 0 saturated heterocycles. The van der Waals surface area contributed by atoms with Gasteiger partial charge in [-0.05, 0) is 37.3 Å². The normalized spacial score (nSPS) is 10.8. The monoisotopic (exact) mass is 483 g/mol. The molecule has 8 nitrogen and oxygen atoms in total. The van der Waals surface area contributed by atoms with E-state index in [0.717, 1.165) is 4.90 Å². The molecule has 2 N–H and O–H groups in total. The molecular formula is C22H18FN5O3S2. The Bertz CT molecular complexity index is 1320. The number of anilines is 2. The summed E-state index contributed by atoms with van der Waals surface area (Å²) < 4.78 is 19.6. The molecular weight excluding hydrogens is 465 g/mol. The third-order valence-electron chi connectivity index (χ3n) is 4.34. The number of carbonyl (C=O) groups excluding carboxylic acids is 2. The fraction of sp³-hybridized carbons (Fsp3) is 0.136. The molecule has 0 aliphatic carbocycles. The van der Waals surface area contributed by atoms with Gasteiger partial charge in [-0.2, -0.15) is 4.98 Å². The van der Waals surface area contributed by atoms with E-state index in [-0.39, 0.29) is 17.4 Å². The first kappa shape index (κ1) is 22.6. The maximum atomic E-state index is 14.5. The van der Waals surface area contributed by atoms with Crippen LogP contribution in [0.2, 0.25) is 0 Å². The van der Waals surface area contributed by atoms with E-state index in [9.17, 15) is 14.0 Å². The minimum Gasteiger partial charge on any atom is -0.338 e. The largest absolute Gasteiger partial charge is 0.338 e. The van der Waals surface area contributed by atoms with Crippen molar-refractivity contribution in [1.29, 1.82) is 0 Å². The van der Waals surface area contributed by atoms with Gasteiger partial charge in [0.2, 0.25) is 11.8 Å². The molecule has 2 heterocycles. The summed E-state index contributed by atoms with van der Waals surface area (Å²) in [6, 6.07) is 11.5. The molecule has 0 spiro atoms. The van der Waals surface area contributed by atoms with Crippen LogP contribution in [0.15, 0.2) is 57.3 Å². The number of hydrogen-bond donors (Lipinski definition) is 2. The van der Waals surface area contributed by atoms with Crippen molar-refractivity contribution < 1.29 is 18.5 Å². The van der Waals surface area contributed by atoms with E-state index in [1.54, 1.807) is 30.5 Å². The van der Waals surface area contributed by atoms with E-state index >= 15 is 0 Å². The molecule has 4 rings (SSSR count). The molecule has 11 heteroatoms. The number of thioether (sulfide) groups is 1. The van der Waals surface area contributed by atoms with Gasteiger partial charge in [0.1, 0.15) is 5.82 Å². The molecule has 0 aliphatic heterocycles. The summed E-state index contributed by atoms with van der Waals surface area (Å²) >= 11 is 2.60. The highest BCUT2D eigenvalue weighted by Gasteiger charge is 2.16. The third-order valence-corrected chi connectivity index (χ3v) is 6.16. The molecule has 0 fully saturated rings. The Morgan fingerprint density at radius 1 is 1.15 bits per heavy atom. The molecule has 0 saturated carbocycles. The summed E-state index contributed by atoms with van der Waals surface area (Å²) in [4.78, 5) is 33.3. The number of hydrogen-bond acceptors (Lipinski definition) is 8. The zero-order valence-electron chi connectivity index (χ0n) is 17.6. The quantitative estimate of drug-likeness (QED) is 0.350. The number of thiazole rings is 1. The Kier molecular flexibility index (Phi) is 6.80. The molecule has 4 aromatic rings. The smallest absolute Gasteiger partial charge is 0.258 e. The molecule has 0 unspecified atom stereocenters. The molecule has 2 amide bonds. The predicted molar refractivity (Wildman–Crippen MR) is 125 cm³/mol. The summed E-state index contributed by atoms with van der Waals surface area (Å²) in [7, 11) is 0. The van der Waals surface area contributed by atoms with Gasteiger partial charge in [0, 0.05) is 28.5 Å². The molecule has 2 aromatic heterocycles. The molecule has 2 aromatic carbocycles. The number of nitrogens with one attached hydrogen (secondary N) is 2. The molecule has 0 radical (unpaired) electrons. The second-order valence-electron chi connectivity index (χ2n) is 6.89. The van der Waals surface area contributed by atoms with Gasteiger partial charge in [-0.25, -0.2) is 9.37 Å². The van der Waals surface area contributed by atoms with E-state index in [1.807, 2.05) is 12.1 Å². The van der Waals surface area contributed by atoms with E-state index in [2.05, 4.69) is 25.8 Å². The standard InChI is InChI=1S/C22H18FN5O3S2/c1-12-24-20(31-28-12)11-32-19-6-4-3-5-16(19)21(30)27-22-26-18(10-33-22)15-8-7-14(9-17(15)23)25-13(2)29/h3-10H,11H2,1-2H3,(H,25,29)(H,26,27,30). The zero-order chi connectivity index (χ0) is 23.4. The summed E-state index contributed by atoms with van der Waals surface area (Å²) in [6.45, 7) is 3.09. The van der Waals surface area contributed by atoms with E-state index in [4.69, 9.17) is 4.52 Å². The number of halogens is 1. The first-order chi connectivity index (χ1) is 15.9. The van der Waals surface area contributed by atoms with Crippen molar-refractivity contribution in [3.63, 3.8) is 0 Å². The predicted octanol–water partition coefficient (Wildman–Crippen LogP) is 5.14. The van der Waals surface area contributed by atoms with E-state index < -0.39 is 5.82 Å². The van der Waals surface area contributed by atoms with Crippen molar-refractivity contribution >= 4 is 45.7 Å². The van der Waals surface area contributed by atoms with Gasteiger partial charge in [0.25, 0.3) is 5.91 Å². The molecule has 0 aliphatic rings. The summed E-state index contributed by atoms with van der Waals surface area (Å²) in [6.07, 6.45) is 0. The minimum absolute atomic E-state index is 0.270. The number of amides is 2. The Hall–Kier alpha value is -3.57. The van der Waals surface area contributed by atoms with Crippen LogP contribution in [0.4, 0.5) is 15.2 Å². The van der Waals surface area contributed by atoms with Crippen LogP contribution < -0.4 is 10.6 Å². The van der Waals surface area contributed by atoms with Crippen LogP contribution in [0.5, 0.6) is 0 Å². The van der Waals surface area contributed by atoms with Crippen LogP contribution in [0, 0.1) is 12.7 Å². The highest BCUT2D eigenvalue weighted by Crippen LogP contribution is 2.30. The van der Waals surface area contributed by atoms with Crippen LogP contribution in [0.25, 0.3) is 11.3 Å². The first-order valence-electron chi connectivity index (χ1n) is 9.74. The Morgan fingerprint density at radius 3 is 2.70 bits per heavy atom. The van der Waals surface area contributed by atoms with Crippen LogP contribution in [-0.2, 0) is 10.5 Å². The van der Waals surface area contributed by atoms with Crippen LogP contribution >= 0.6 is 23.1 Å². The number of carbonyl (C=O) groups is 2. The van der Waals surface area contributed by atoms with Crippen LogP contribution in [-0.4, -0.2) is 26.9 Å². The van der Waals surface area contributed by atoms with E-state index in [0.29, 0.717) is 39.5 Å². The highest BCUT2D eigenvalue weighted by atomic mass is 32.2. The highest BCUT2D eigenvalue weighted by molar-refractivity contribution is 7.98. The molecule has 0 atom stereocenters. The van der Waals surface area contributed by atoms with Crippen molar-refractivity contribution in [2.24, 2.45) is 0 Å². The lowest BCUT2D eigenvalue weighted by atomic mass is 10.1. The number of nitrogens with zero attached hydrogens (tertiary/aromatic N) is 3. The van der Waals surface area contributed by atoms with Crippen molar-refractivity contribution in [2.75, 3.05) is 10.6 Å². The van der Waals surface area contributed by atoms with Gasteiger partial charge in [-0.15, -0.1) is 23.1 Å². The molecule has 168 valence electrons. The Labute approximate surface area is 196 Å². The minimum atomic E-state index is -0.526. The topological polar surface area (TPSA) is 110 Å². The van der Waals surface area contributed by atoms with Crippen molar-refractivity contribution in [3.8, 4) is 11.3 Å². The summed E-state index contributed by atoms with van der Waals surface area (Å²) in [5.74, 6) is 0.317. The number of aryl methyl sites for hydroxylation is 1. The van der Waals surface area contributed by atoms with Gasteiger partial charge in [-0.3, -0.25) is 14.9 Å². The van der Waals surface area contributed by atoms with Crippen molar-refractivity contribution in [1.82, 2.24) is 15.1 Å². The SMILES string of the molecule is CC(=O)Nc1ccc(-c2csc(NC(=O)c3ccccc3SCc3nc(C)no3)n2)c(F)c1. The van der Waals surface area contributed by atoms with Crippen molar-refractivity contribution in [3.05, 3.63) is 70.9 Å². The van der Waals surface area contributed by atoms with Gasteiger partial charge < -0.3 is 9.84 Å². The average Bonchev–Trinajstić information content (AvgIpc) is 3.41. The van der Waals surface area contributed by atoms with Gasteiger partial charge >= 0.3 is 0 Å². The maximum Gasteiger partial charge on any atom is 0.258 e. The van der Waals surface area contributed by atoms with E-state index in [1.165, 1.54) is 42.2 Å². The zero-order valence-corrected chi connectivity index (χ0v) is 19.2. The Morgan fingerprint density at radius 2 is 1.97 bits per heavy atom. The fourth-order valence-electron chi connectivity index (χ4n) is 2.94. The number of rotatable bonds is 7. The van der Waals surface area contributed by atoms with Gasteiger partial charge in [0.15, 0.2) is 11.0 Å². The average molecular weight is 484 g/mol. The Balaban J connectivity index is 1.46.